The van der Waals surface area contributed by atoms with Crippen LogP contribution in [-0.2, 0) is 14.3 Å². The van der Waals surface area contributed by atoms with Gasteiger partial charge in [-0.2, -0.15) is 10.5 Å². The number of hydrogen-bond donors (Lipinski definition) is 0. The molecule has 0 N–H and O–H groups in total. The van der Waals surface area contributed by atoms with Crippen LogP contribution in [0.15, 0.2) is 21.6 Å². The van der Waals surface area contributed by atoms with Crippen molar-refractivity contribution < 1.29 is 14.3 Å². The van der Waals surface area contributed by atoms with E-state index < -0.39 is 11.9 Å². The predicted molar refractivity (Wildman–Crippen MR) is 81.2 cm³/mol. The Labute approximate surface area is 133 Å². The number of Topliss-reactive ketones (excluding diaryl/α,β-unsaturated/α-hetero) is 1. The van der Waals surface area contributed by atoms with E-state index in [0.717, 1.165) is 12.8 Å². The SMILES string of the molecule is COC(=O)/C(C#N)=C1/[C@H]2CC[C@H](C)[C@H]1C(=O)C(C#N)=C2SC. The molecule has 114 valence electrons. The Morgan fingerprint density at radius 2 is 2.05 bits per heavy atom. The smallest absolute Gasteiger partial charge is 0.348 e. The van der Waals surface area contributed by atoms with E-state index in [1.807, 2.05) is 19.1 Å². The minimum absolute atomic E-state index is 0.00138. The lowest BCUT2D eigenvalue weighted by molar-refractivity contribution is -0.135. The largest absolute Gasteiger partial charge is 0.465 e. The summed E-state index contributed by atoms with van der Waals surface area (Å²) in [5.41, 5.74) is 0.641. The Kier molecular flexibility index (Phi) is 4.73. The van der Waals surface area contributed by atoms with Gasteiger partial charge in [-0.25, -0.2) is 4.79 Å². The number of carbonyl (C=O) groups excluding carboxylic acids is 2. The normalized spacial score (nSPS) is 29.5. The average molecular weight is 316 g/mol. The molecule has 5 nitrogen and oxygen atoms in total. The van der Waals surface area contributed by atoms with Gasteiger partial charge < -0.3 is 4.74 Å². The lowest BCUT2D eigenvalue weighted by atomic mass is 9.63. The molecule has 0 unspecified atom stereocenters. The lowest BCUT2D eigenvalue weighted by Crippen LogP contribution is -2.39. The van der Waals surface area contributed by atoms with Crippen molar-refractivity contribution in [3.63, 3.8) is 0 Å². The van der Waals surface area contributed by atoms with Crippen molar-refractivity contribution in [1.29, 1.82) is 10.5 Å². The van der Waals surface area contributed by atoms with E-state index in [0.29, 0.717) is 10.5 Å². The molecule has 2 rings (SSSR count). The summed E-state index contributed by atoms with van der Waals surface area (Å²) in [5, 5.41) is 18.7. The molecule has 3 atom stereocenters. The van der Waals surface area contributed by atoms with Gasteiger partial charge in [-0.3, -0.25) is 4.79 Å². The van der Waals surface area contributed by atoms with Crippen LogP contribution >= 0.6 is 11.8 Å². The Morgan fingerprint density at radius 3 is 2.55 bits per heavy atom. The molecule has 2 bridgehead atoms. The van der Waals surface area contributed by atoms with Gasteiger partial charge in [-0.05, 0) is 30.6 Å². The van der Waals surface area contributed by atoms with Gasteiger partial charge >= 0.3 is 5.97 Å². The van der Waals surface area contributed by atoms with Gasteiger partial charge in [0, 0.05) is 16.7 Å². The van der Waals surface area contributed by atoms with Gasteiger partial charge in [0.25, 0.3) is 0 Å². The molecular weight excluding hydrogens is 300 g/mol. The first-order valence-corrected chi connectivity index (χ1v) is 8.19. The number of ether oxygens (including phenoxy) is 1. The number of methoxy groups -OCH3 is 1. The van der Waals surface area contributed by atoms with Crippen molar-refractivity contribution in [2.24, 2.45) is 17.8 Å². The highest BCUT2D eigenvalue weighted by Gasteiger charge is 2.47. The molecule has 22 heavy (non-hydrogen) atoms. The van der Waals surface area contributed by atoms with Crippen LogP contribution in [0.4, 0.5) is 0 Å². The van der Waals surface area contributed by atoms with Gasteiger partial charge in [-0.1, -0.05) is 6.92 Å². The summed E-state index contributed by atoms with van der Waals surface area (Å²) in [6.45, 7) is 1.92. The third-order valence-electron chi connectivity index (χ3n) is 4.40. The quantitative estimate of drug-likeness (QED) is 0.441. The zero-order chi connectivity index (χ0) is 16.4. The minimum atomic E-state index is -0.713. The molecule has 0 heterocycles. The maximum Gasteiger partial charge on any atom is 0.348 e. The van der Waals surface area contributed by atoms with E-state index in [9.17, 15) is 20.1 Å². The molecule has 0 aromatic heterocycles. The molecule has 0 spiro atoms. The first kappa shape index (κ1) is 16.3. The maximum absolute atomic E-state index is 12.7. The van der Waals surface area contributed by atoms with Crippen molar-refractivity contribution in [3.05, 3.63) is 21.6 Å². The highest BCUT2D eigenvalue weighted by Crippen LogP contribution is 2.51. The number of allylic oxidation sites excluding steroid dienone is 3. The summed E-state index contributed by atoms with van der Waals surface area (Å²) < 4.78 is 4.70. The Morgan fingerprint density at radius 1 is 1.36 bits per heavy atom. The second-order valence-corrected chi connectivity index (χ2v) is 6.29. The van der Waals surface area contributed by atoms with Crippen LogP contribution in [0.25, 0.3) is 0 Å². The number of nitrogens with zero attached hydrogens (tertiary/aromatic N) is 2. The van der Waals surface area contributed by atoms with Gasteiger partial charge in [0.05, 0.1) is 7.11 Å². The standard InChI is InChI=1S/C16H16N2O3S/c1-8-4-5-9-13(10(6-17)16(20)21-2)12(8)14(19)11(7-18)15(9)22-3/h8-9,12H,4-5H2,1-3H3/b13-10-/t8-,9+,12+/m0/s1. The second-order valence-electron chi connectivity index (χ2n) is 5.44. The molecule has 1 saturated carbocycles. The third kappa shape index (κ3) is 2.34. The third-order valence-corrected chi connectivity index (χ3v) is 5.33. The van der Waals surface area contributed by atoms with Crippen LogP contribution in [-0.4, -0.2) is 25.1 Å². The van der Waals surface area contributed by atoms with E-state index in [1.165, 1.54) is 18.9 Å². The van der Waals surface area contributed by atoms with Crippen LogP contribution < -0.4 is 0 Å². The molecule has 0 aliphatic heterocycles. The number of fused-ring (bicyclic) bond motifs is 2. The monoisotopic (exact) mass is 316 g/mol. The van der Waals surface area contributed by atoms with Gasteiger partial charge in [-0.15, -0.1) is 11.8 Å². The summed E-state index contributed by atoms with van der Waals surface area (Å²) >= 11 is 1.34. The van der Waals surface area contributed by atoms with E-state index in [4.69, 9.17) is 4.74 Å². The Hall–Kier alpha value is -2.05. The molecule has 0 aromatic carbocycles. The van der Waals surface area contributed by atoms with Crippen LogP contribution in [0.1, 0.15) is 19.8 Å². The predicted octanol–water partition coefficient (Wildman–Crippen LogP) is 2.37. The fourth-order valence-electron chi connectivity index (χ4n) is 3.41. The number of carbonyl (C=O) groups is 2. The molecule has 0 saturated heterocycles. The van der Waals surface area contributed by atoms with Gasteiger partial charge in [0.15, 0.2) is 5.78 Å². The summed E-state index contributed by atoms with van der Waals surface area (Å²) in [7, 11) is 1.22. The molecule has 0 amide bonds. The Bertz CT molecular complexity index is 678. The van der Waals surface area contributed by atoms with Crippen LogP contribution in [0, 0.1) is 40.4 Å². The average Bonchev–Trinajstić information content (AvgIpc) is 2.52. The number of rotatable bonds is 2. The summed E-state index contributed by atoms with van der Waals surface area (Å²) in [5.74, 6) is -1.77. The summed E-state index contributed by atoms with van der Waals surface area (Å²) in [4.78, 5) is 25.3. The highest BCUT2D eigenvalue weighted by molar-refractivity contribution is 8.02. The van der Waals surface area contributed by atoms with Crippen molar-refractivity contribution >= 4 is 23.5 Å². The van der Waals surface area contributed by atoms with Crippen LogP contribution in [0.2, 0.25) is 0 Å². The summed E-state index contributed by atoms with van der Waals surface area (Å²) in [6, 6.07) is 3.92. The first-order chi connectivity index (χ1) is 10.5. The number of esters is 1. The summed E-state index contributed by atoms with van der Waals surface area (Å²) in [6.07, 6.45) is 3.36. The first-order valence-electron chi connectivity index (χ1n) is 6.96. The Balaban J connectivity index is 2.77. The van der Waals surface area contributed by atoms with Gasteiger partial charge in [0.2, 0.25) is 0 Å². The fraction of sp³-hybridized carbons (Fsp3) is 0.500. The van der Waals surface area contributed by atoms with E-state index in [2.05, 4.69) is 0 Å². The van der Waals surface area contributed by atoms with E-state index >= 15 is 0 Å². The molecule has 0 aromatic rings. The number of ketones is 1. The van der Waals surface area contributed by atoms with Crippen LogP contribution in [0.3, 0.4) is 0 Å². The fourth-order valence-corrected chi connectivity index (χ4v) is 4.29. The lowest BCUT2D eigenvalue weighted by Gasteiger charge is -2.41. The highest BCUT2D eigenvalue weighted by atomic mass is 32.2. The molecule has 0 radical (unpaired) electrons. The molecule has 6 heteroatoms. The molecular formula is C16H16N2O3S. The van der Waals surface area contributed by atoms with Gasteiger partial charge in [0.1, 0.15) is 23.3 Å². The minimum Gasteiger partial charge on any atom is -0.465 e. The van der Waals surface area contributed by atoms with E-state index in [-0.39, 0.29) is 28.8 Å². The van der Waals surface area contributed by atoms with Crippen molar-refractivity contribution in [2.45, 2.75) is 19.8 Å². The maximum atomic E-state index is 12.7. The second kappa shape index (κ2) is 6.37. The van der Waals surface area contributed by atoms with E-state index in [1.54, 1.807) is 6.26 Å². The van der Waals surface area contributed by atoms with Crippen molar-refractivity contribution in [1.82, 2.24) is 0 Å². The number of thioether (sulfide) groups is 1. The topological polar surface area (TPSA) is 90.9 Å². The zero-order valence-electron chi connectivity index (χ0n) is 12.7. The number of nitriles is 2. The van der Waals surface area contributed by atoms with Crippen LogP contribution in [0.5, 0.6) is 0 Å². The zero-order valence-corrected chi connectivity index (χ0v) is 13.5. The number of hydrogen-bond acceptors (Lipinski definition) is 6. The van der Waals surface area contributed by atoms with Crippen molar-refractivity contribution in [3.8, 4) is 12.1 Å². The molecule has 2 aliphatic carbocycles. The molecule has 2 aliphatic rings. The van der Waals surface area contributed by atoms with Crippen molar-refractivity contribution in [2.75, 3.05) is 13.4 Å². The molecule has 1 fully saturated rings.